The monoisotopic (exact) mass is 204 g/mol. The molecular weight excluding hydrogens is 188 g/mol. The number of para-hydroxylation sites is 2. The van der Waals surface area contributed by atoms with E-state index in [1.54, 1.807) is 0 Å². The minimum atomic E-state index is -0.259. The summed E-state index contributed by atoms with van der Waals surface area (Å²) in [7, 11) is 0. The van der Waals surface area contributed by atoms with E-state index in [0.29, 0.717) is 0 Å². The van der Waals surface area contributed by atoms with Crippen LogP contribution in [0.4, 0.5) is 0 Å². The number of hydrogen-bond acceptors (Lipinski definition) is 2. The molecule has 1 heterocycles. The molecule has 1 aromatic heterocycles. The van der Waals surface area contributed by atoms with Crippen LogP contribution in [0.1, 0.15) is 19.2 Å². The first kappa shape index (κ1) is 10.2. The Morgan fingerprint density at radius 2 is 2.13 bits per heavy atom. The molecule has 1 N–H and O–H groups in total. The van der Waals surface area contributed by atoms with Gasteiger partial charge in [0.2, 0.25) is 0 Å². The quantitative estimate of drug-likeness (QED) is 0.831. The summed E-state index contributed by atoms with van der Waals surface area (Å²) in [6, 6.07) is 8.09. The van der Waals surface area contributed by atoms with Crippen molar-refractivity contribution in [1.29, 1.82) is 0 Å². The van der Waals surface area contributed by atoms with Crippen LogP contribution in [0.25, 0.3) is 11.0 Å². The Kier molecular flexibility index (Phi) is 2.73. The number of aliphatic hydroxyl groups is 1. The van der Waals surface area contributed by atoms with Gasteiger partial charge in [-0.05, 0) is 32.4 Å². The summed E-state index contributed by atoms with van der Waals surface area (Å²) in [5.74, 6) is 1.01. The fourth-order valence-electron chi connectivity index (χ4n) is 1.79. The van der Waals surface area contributed by atoms with Gasteiger partial charge in [-0.2, -0.15) is 0 Å². The van der Waals surface area contributed by atoms with Crippen LogP contribution >= 0.6 is 0 Å². The molecule has 1 atom stereocenters. The van der Waals surface area contributed by atoms with Gasteiger partial charge in [0, 0.05) is 6.54 Å². The Morgan fingerprint density at radius 3 is 2.87 bits per heavy atom. The van der Waals surface area contributed by atoms with Crippen molar-refractivity contribution in [3.8, 4) is 0 Å². The fraction of sp³-hybridized carbons (Fsp3) is 0.417. The van der Waals surface area contributed by atoms with Crippen LogP contribution in [0.2, 0.25) is 0 Å². The first-order valence-electron chi connectivity index (χ1n) is 5.28. The highest BCUT2D eigenvalue weighted by Crippen LogP contribution is 2.16. The van der Waals surface area contributed by atoms with Gasteiger partial charge in [0.15, 0.2) is 0 Å². The summed E-state index contributed by atoms with van der Waals surface area (Å²) in [4.78, 5) is 4.47. The lowest BCUT2D eigenvalue weighted by Crippen LogP contribution is -2.08. The van der Waals surface area contributed by atoms with Gasteiger partial charge in [-0.1, -0.05) is 12.1 Å². The molecule has 0 bridgehead atoms. The molecule has 15 heavy (non-hydrogen) atoms. The zero-order chi connectivity index (χ0) is 10.8. The van der Waals surface area contributed by atoms with Crippen molar-refractivity contribution in [3.63, 3.8) is 0 Å². The Balaban J connectivity index is 2.36. The lowest BCUT2D eigenvalue weighted by molar-refractivity contribution is 0.178. The summed E-state index contributed by atoms with van der Waals surface area (Å²) >= 11 is 0. The second-order valence-corrected chi connectivity index (χ2v) is 3.94. The Labute approximate surface area is 89.4 Å². The second-order valence-electron chi connectivity index (χ2n) is 3.94. The average Bonchev–Trinajstić information content (AvgIpc) is 2.50. The number of rotatable bonds is 3. The number of imidazole rings is 1. The maximum atomic E-state index is 9.28. The second kappa shape index (κ2) is 4.03. The molecular formula is C12H16N2O. The number of aryl methyl sites for hydroxylation is 2. The Bertz CT molecular complexity index is 460. The summed E-state index contributed by atoms with van der Waals surface area (Å²) < 4.78 is 2.15. The van der Waals surface area contributed by atoms with Gasteiger partial charge in [-0.15, -0.1) is 0 Å². The van der Waals surface area contributed by atoms with Crippen LogP contribution < -0.4 is 0 Å². The van der Waals surface area contributed by atoms with Crippen LogP contribution in [0, 0.1) is 6.92 Å². The molecule has 3 heteroatoms. The maximum Gasteiger partial charge on any atom is 0.106 e. The van der Waals surface area contributed by atoms with E-state index in [1.165, 1.54) is 0 Å². The third-order valence-electron chi connectivity index (χ3n) is 2.62. The predicted octanol–water partition coefficient (Wildman–Crippen LogP) is 2.12. The third-order valence-corrected chi connectivity index (χ3v) is 2.62. The van der Waals surface area contributed by atoms with Crippen LogP contribution in [0.5, 0.6) is 0 Å². The first-order valence-corrected chi connectivity index (χ1v) is 5.28. The molecule has 0 aliphatic carbocycles. The summed E-state index contributed by atoms with van der Waals surface area (Å²) in [5, 5.41) is 9.28. The number of nitrogens with zero attached hydrogens (tertiary/aromatic N) is 2. The third kappa shape index (κ3) is 2.02. The van der Waals surface area contributed by atoms with Crippen molar-refractivity contribution < 1.29 is 5.11 Å². The van der Waals surface area contributed by atoms with Gasteiger partial charge < -0.3 is 9.67 Å². The number of benzene rings is 1. The van der Waals surface area contributed by atoms with E-state index in [9.17, 15) is 5.11 Å². The number of hydrogen-bond donors (Lipinski definition) is 1. The molecule has 1 aromatic carbocycles. The molecule has 2 aromatic rings. The summed E-state index contributed by atoms with van der Waals surface area (Å²) in [6.45, 7) is 4.64. The average molecular weight is 204 g/mol. The number of fused-ring (bicyclic) bond motifs is 1. The standard InChI is InChI=1S/C12H16N2O/c1-9(15)7-8-14-10(2)13-11-5-3-4-6-12(11)14/h3-6,9,15H,7-8H2,1-2H3/t9-/m0/s1. The summed E-state index contributed by atoms with van der Waals surface area (Å²) in [5.41, 5.74) is 2.18. The molecule has 0 unspecified atom stereocenters. The molecule has 80 valence electrons. The van der Waals surface area contributed by atoms with E-state index in [-0.39, 0.29) is 6.10 Å². The van der Waals surface area contributed by atoms with E-state index in [4.69, 9.17) is 0 Å². The normalized spacial score (nSPS) is 13.3. The van der Waals surface area contributed by atoms with Gasteiger partial charge in [0.05, 0.1) is 17.1 Å². The van der Waals surface area contributed by atoms with Crippen molar-refractivity contribution in [2.45, 2.75) is 32.9 Å². The van der Waals surface area contributed by atoms with Gasteiger partial charge in [0.25, 0.3) is 0 Å². The molecule has 0 radical (unpaired) electrons. The van der Waals surface area contributed by atoms with Crippen LogP contribution in [0.3, 0.4) is 0 Å². The largest absolute Gasteiger partial charge is 0.393 e. The molecule has 2 rings (SSSR count). The molecule has 0 spiro atoms. The minimum absolute atomic E-state index is 0.259. The van der Waals surface area contributed by atoms with Crippen LogP contribution in [0.15, 0.2) is 24.3 Å². The molecule has 0 saturated heterocycles. The maximum absolute atomic E-state index is 9.28. The fourth-order valence-corrected chi connectivity index (χ4v) is 1.79. The van der Waals surface area contributed by atoms with E-state index >= 15 is 0 Å². The number of aromatic nitrogens is 2. The molecule has 0 aliphatic heterocycles. The van der Waals surface area contributed by atoms with Crippen molar-refractivity contribution in [2.75, 3.05) is 0 Å². The molecule has 0 fully saturated rings. The van der Waals surface area contributed by atoms with E-state index in [0.717, 1.165) is 29.8 Å². The molecule has 0 amide bonds. The zero-order valence-corrected chi connectivity index (χ0v) is 9.14. The lowest BCUT2D eigenvalue weighted by Gasteiger charge is -2.08. The van der Waals surface area contributed by atoms with E-state index in [1.807, 2.05) is 32.0 Å². The summed E-state index contributed by atoms with van der Waals surface area (Å²) in [6.07, 6.45) is 0.506. The van der Waals surface area contributed by atoms with E-state index < -0.39 is 0 Å². The molecule has 0 aliphatic rings. The van der Waals surface area contributed by atoms with Gasteiger partial charge in [0.1, 0.15) is 5.82 Å². The van der Waals surface area contributed by atoms with Crippen LogP contribution in [-0.4, -0.2) is 20.8 Å². The van der Waals surface area contributed by atoms with Crippen molar-refractivity contribution >= 4 is 11.0 Å². The number of aliphatic hydroxyl groups excluding tert-OH is 1. The van der Waals surface area contributed by atoms with Crippen molar-refractivity contribution in [3.05, 3.63) is 30.1 Å². The zero-order valence-electron chi connectivity index (χ0n) is 9.14. The SMILES string of the molecule is Cc1nc2ccccc2n1CC[C@H](C)O. The molecule has 3 nitrogen and oxygen atoms in total. The van der Waals surface area contributed by atoms with Crippen LogP contribution in [-0.2, 0) is 6.54 Å². The Morgan fingerprint density at radius 1 is 1.40 bits per heavy atom. The predicted molar refractivity (Wildman–Crippen MR) is 60.8 cm³/mol. The molecule has 0 saturated carbocycles. The Hall–Kier alpha value is -1.35. The topological polar surface area (TPSA) is 38.0 Å². The highest BCUT2D eigenvalue weighted by molar-refractivity contribution is 5.75. The van der Waals surface area contributed by atoms with Crippen molar-refractivity contribution in [1.82, 2.24) is 9.55 Å². The van der Waals surface area contributed by atoms with Crippen molar-refractivity contribution in [2.24, 2.45) is 0 Å². The smallest absolute Gasteiger partial charge is 0.106 e. The highest BCUT2D eigenvalue weighted by Gasteiger charge is 2.06. The van der Waals surface area contributed by atoms with Gasteiger partial charge >= 0.3 is 0 Å². The van der Waals surface area contributed by atoms with Gasteiger partial charge in [-0.25, -0.2) is 4.98 Å². The minimum Gasteiger partial charge on any atom is -0.393 e. The lowest BCUT2D eigenvalue weighted by atomic mass is 10.2. The van der Waals surface area contributed by atoms with E-state index in [2.05, 4.69) is 15.6 Å². The first-order chi connectivity index (χ1) is 7.18. The van der Waals surface area contributed by atoms with Gasteiger partial charge in [-0.3, -0.25) is 0 Å². The highest BCUT2D eigenvalue weighted by atomic mass is 16.3.